The predicted octanol–water partition coefficient (Wildman–Crippen LogP) is -0.433. The van der Waals surface area contributed by atoms with Crippen LogP contribution in [0.1, 0.15) is 78.6 Å². The van der Waals surface area contributed by atoms with Crippen molar-refractivity contribution in [1.82, 2.24) is 26.6 Å². The Morgan fingerprint density at radius 2 is 1.45 bits per heavy atom. The summed E-state index contributed by atoms with van der Waals surface area (Å²) < 4.78 is 0. The molecule has 0 saturated heterocycles. The molecule has 0 unspecified atom stereocenters. The second kappa shape index (κ2) is 19.2. The number of hydrogen-bond donors (Lipinski definition) is 10. The first-order valence-corrected chi connectivity index (χ1v) is 15.3. The number of nitrogens with two attached hydrogens (primary N) is 2. The number of nitrogens with one attached hydrogen (secondary N) is 6. The molecule has 1 aliphatic carbocycles. The molecule has 0 radical (unpaired) electrons. The van der Waals surface area contributed by atoms with E-state index in [9.17, 15) is 29.1 Å². The number of carboxylic acid groups (broad SMARTS) is 1. The van der Waals surface area contributed by atoms with Crippen LogP contribution < -0.4 is 38.1 Å². The normalized spacial score (nSPS) is 17.2. The van der Waals surface area contributed by atoms with E-state index in [0.717, 1.165) is 25.7 Å². The largest absolute Gasteiger partial charge is 0.480 e. The highest BCUT2D eigenvalue weighted by molar-refractivity contribution is 7.80. The highest BCUT2D eigenvalue weighted by atomic mass is 32.1. The predicted molar refractivity (Wildman–Crippen MR) is 163 cm³/mol. The first-order chi connectivity index (χ1) is 19.7. The molecule has 1 saturated carbocycles. The lowest BCUT2D eigenvalue weighted by atomic mass is 9.85. The monoisotopic (exact) mass is 614 g/mol. The zero-order valence-corrected chi connectivity index (χ0v) is 25.8. The van der Waals surface area contributed by atoms with E-state index in [2.05, 4.69) is 39.2 Å². The van der Waals surface area contributed by atoms with Gasteiger partial charge in [-0.25, -0.2) is 4.79 Å². The molecule has 15 heteroatoms. The third kappa shape index (κ3) is 14.2. The molecule has 11 N–H and O–H groups in total. The van der Waals surface area contributed by atoms with Crippen LogP contribution in [0.3, 0.4) is 0 Å². The first kappa shape index (κ1) is 37.0. The number of carboxylic acids is 1. The second-order valence-corrected chi connectivity index (χ2v) is 11.8. The van der Waals surface area contributed by atoms with E-state index in [-0.39, 0.29) is 37.0 Å². The van der Waals surface area contributed by atoms with Gasteiger partial charge in [-0.15, -0.1) is 0 Å². The van der Waals surface area contributed by atoms with Crippen LogP contribution in [0.5, 0.6) is 0 Å². The van der Waals surface area contributed by atoms with Crippen LogP contribution >= 0.6 is 12.6 Å². The van der Waals surface area contributed by atoms with Crippen LogP contribution in [0, 0.1) is 17.2 Å². The lowest BCUT2D eigenvalue weighted by Crippen LogP contribution is -2.58. The summed E-state index contributed by atoms with van der Waals surface area (Å²) in [5, 5.41) is 29.5. The van der Waals surface area contributed by atoms with Gasteiger partial charge in [-0.05, 0) is 44.4 Å². The quantitative estimate of drug-likeness (QED) is 0.0416. The minimum atomic E-state index is -1.20. The summed E-state index contributed by atoms with van der Waals surface area (Å²) in [5.41, 5.74) is 11.4. The van der Waals surface area contributed by atoms with Crippen molar-refractivity contribution in [1.29, 1.82) is 5.41 Å². The molecule has 0 aromatic heterocycles. The Labute approximate surface area is 253 Å². The molecule has 42 heavy (non-hydrogen) atoms. The van der Waals surface area contributed by atoms with Gasteiger partial charge in [0.05, 0.1) is 6.04 Å². The van der Waals surface area contributed by atoms with E-state index in [1.807, 2.05) is 13.8 Å². The van der Waals surface area contributed by atoms with Crippen LogP contribution in [0.15, 0.2) is 0 Å². The molecule has 14 nitrogen and oxygen atoms in total. The fraction of sp³-hybridized carbons (Fsp3) is 0.778. The van der Waals surface area contributed by atoms with Crippen LogP contribution in [0.2, 0.25) is 0 Å². The van der Waals surface area contributed by atoms with Crippen molar-refractivity contribution >= 4 is 48.2 Å². The molecule has 1 fully saturated rings. The minimum Gasteiger partial charge on any atom is -0.480 e. The first-order valence-electron chi connectivity index (χ1n) is 14.6. The number of rotatable bonds is 18. The zero-order chi connectivity index (χ0) is 31.8. The van der Waals surface area contributed by atoms with E-state index in [1.165, 1.54) is 13.3 Å². The van der Waals surface area contributed by atoms with Crippen molar-refractivity contribution in [3.63, 3.8) is 0 Å². The molecule has 240 valence electrons. The topological polar surface area (TPSA) is 242 Å². The molecule has 0 aliphatic heterocycles. The van der Waals surface area contributed by atoms with Crippen molar-refractivity contribution in [2.45, 2.75) is 109 Å². The third-order valence-corrected chi connectivity index (χ3v) is 7.52. The standard InChI is InChI=1S/C27H50N8O6S/c1-15(2)12-20(26(40)41)34-25(39)21(14-42)35-24(38)19(10-7-11-31-27(29)30)33-22(36)16(3)32-23(37)18(28)13-17-8-5-4-6-9-17/h15-21,42H,4-14,28H2,1-3H3,(H,32,37)(H,33,36)(H,34,39)(H,35,38)(H,40,41)(H4,29,30,31)/t16-,18-,19-,20-,21-/m0/s1. The average molecular weight is 615 g/mol. The van der Waals surface area contributed by atoms with Crippen molar-refractivity contribution in [3.05, 3.63) is 0 Å². The number of hydrogen-bond acceptors (Lipinski definition) is 8. The number of carbonyl (C=O) groups excluding carboxylic acids is 4. The summed E-state index contributed by atoms with van der Waals surface area (Å²) >= 11 is 4.14. The number of guanidine groups is 1. The number of aliphatic carboxylic acids is 1. The van der Waals surface area contributed by atoms with E-state index in [1.54, 1.807) is 0 Å². The van der Waals surface area contributed by atoms with Gasteiger partial charge in [0.15, 0.2) is 5.96 Å². The number of carbonyl (C=O) groups is 5. The Morgan fingerprint density at radius 3 is 2.00 bits per heavy atom. The summed E-state index contributed by atoms with van der Waals surface area (Å²) in [7, 11) is 0. The lowest BCUT2D eigenvalue weighted by molar-refractivity contribution is -0.142. The maximum atomic E-state index is 13.2. The average Bonchev–Trinajstić information content (AvgIpc) is 2.92. The van der Waals surface area contributed by atoms with Gasteiger partial charge < -0.3 is 43.2 Å². The van der Waals surface area contributed by atoms with Gasteiger partial charge in [0.25, 0.3) is 0 Å². The molecule has 4 amide bonds. The lowest BCUT2D eigenvalue weighted by Gasteiger charge is -2.26. The molecular weight excluding hydrogens is 564 g/mol. The Hall–Kier alpha value is -3.07. The molecular formula is C27H50N8O6S. The van der Waals surface area contributed by atoms with Gasteiger partial charge in [-0.2, -0.15) is 12.6 Å². The van der Waals surface area contributed by atoms with Crippen molar-refractivity contribution in [3.8, 4) is 0 Å². The maximum Gasteiger partial charge on any atom is 0.326 e. The maximum absolute atomic E-state index is 13.2. The number of amides is 4. The number of thiol groups is 1. The molecule has 0 spiro atoms. The van der Waals surface area contributed by atoms with E-state index >= 15 is 0 Å². The fourth-order valence-corrected chi connectivity index (χ4v) is 5.06. The van der Waals surface area contributed by atoms with Crippen molar-refractivity contribution in [2.24, 2.45) is 23.3 Å². The van der Waals surface area contributed by atoms with E-state index in [0.29, 0.717) is 18.8 Å². The summed E-state index contributed by atoms with van der Waals surface area (Å²) in [5.74, 6) is -3.66. The van der Waals surface area contributed by atoms with Gasteiger partial charge >= 0.3 is 5.97 Å². The summed E-state index contributed by atoms with van der Waals surface area (Å²) in [4.78, 5) is 63.2. The van der Waals surface area contributed by atoms with Gasteiger partial charge in [0.2, 0.25) is 23.6 Å². The summed E-state index contributed by atoms with van der Waals surface area (Å²) in [6, 6.07) is -5.15. The Morgan fingerprint density at radius 1 is 0.881 bits per heavy atom. The molecule has 0 aromatic carbocycles. The molecule has 5 atom stereocenters. The van der Waals surface area contributed by atoms with E-state index in [4.69, 9.17) is 16.9 Å². The second-order valence-electron chi connectivity index (χ2n) is 11.4. The van der Waals surface area contributed by atoms with Crippen LogP contribution in [0.25, 0.3) is 0 Å². The molecule has 0 aromatic rings. The zero-order valence-electron chi connectivity index (χ0n) is 24.9. The van der Waals surface area contributed by atoms with Crippen molar-refractivity contribution in [2.75, 3.05) is 12.3 Å². The van der Waals surface area contributed by atoms with Gasteiger partial charge in [0.1, 0.15) is 24.2 Å². The summed E-state index contributed by atoms with van der Waals surface area (Å²) in [6.45, 7) is 5.38. The van der Waals surface area contributed by atoms with Gasteiger partial charge in [0, 0.05) is 12.3 Å². The smallest absolute Gasteiger partial charge is 0.326 e. The molecule has 1 aliphatic rings. The third-order valence-electron chi connectivity index (χ3n) is 7.16. The highest BCUT2D eigenvalue weighted by Crippen LogP contribution is 2.27. The summed E-state index contributed by atoms with van der Waals surface area (Å²) in [6.07, 6.45) is 6.69. The molecule has 1 rings (SSSR count). The Bertz CT molecular complexity index is 930. The fourth-order valence-electron chi connectivity index (χ4n) is 4.80. The van der Waals surface area contributed by atoms with E-state index < -0.39 is 59.8 Å². The molecule has 0 heterocycles. The van der Waals surface area contributed by atoms with Gasteiger partial charge in [-0.3, -0.25) is 24.6 Å². The Kier molecular flexibility index (Phi) is 16.9. The SMILES string of the molecule is CC(C)C[C@H](NC(=O)[C@H](CS)NC(=O)[C@H](CCCNC(=N)N)NC(=O)[C@H](C)NC(=O)[C@@H](N)CC1CCCCC1)C(=O)O. The molecule has 0 bridgehead atoms. The van der Waals surface area contributed by atoms with Crippen LogP contribution in [-0.2, 0) is 24.0 Å². The Balaban J connectivity index is 2.85. The van der Waals surface area contributed by atoms with Crippen molar-refractivity contribution < 1.29 is 29.1 Å². The van der Waals surface area contributed by atoms with Crippen LogP contribution in [-0.4, -0.2) is 83.2 Å². The minimum absolute atomic E-state index is 0.00272. The van der Waals surface area contributed by atoms with Crippen LogP contribution in [0.4, 0.5) is 0 Å². The highest BCUT2D eigenvalue weighted by Gasteiger charge is 2.31. The van der Waals surface area contributed by atoms with Gasteiger partial charge in [-0.1, -0.05) is 46.0 Å².